The van der Waals surface area contributed by atoms with Crippen LogP contribution in [0.15, 0.2) is 77.8 Å². The zero-order chi connectivity index (χ0) is 24.5. The van der Waals surface area contributed by atoms with Crippen LogP contribution >= 0.6 is 11.6 Å². The number of hydrogen-bond acceptors (Lipinski definition) is 3. The number of likely N-dealkylation sites (N-methyl/N-ethyl adjacent to an activating group) is 1. The molecule has 0 aromatic heterocycles. The van der Waals surface area contributed by atoms with Gasteiger partial charge in [-0.1, -0.05) is 60.1 Å². The fourth-order valence-corrected chi connectivity index (χ4v) is 3.75. The molecule has 0 saturated carbocycles. The number of carbonyl (C=O) groups excluding carboxylic acids is 2. The Kier molecular flexibility index (Phi) is 6.30. The summed E-state index contributed by atoms with van der Waals surface area (Å²) in [6, 6.07) is 18.1. The van der Waals surface area contributed by atoms with Gasteiger partial charge in [-0.2, -0.15) is 13.2 Å². The number of halogens is 4. The maximum Gasteiger partial charge on any atom is 0.416 e. The maximum absolute atomic E-state index is 13.1. The summed E-state index contributed by atoms with van der Waals surface area (Å²) in [6.45, 7) is 0. The van der Waals surface area contributed by atoms with Crippen molar-refractivity contribution in [3.63, 3.8) is 0 Å². The molecule has 4 rings (SSSR count). The first kappa shape index (κ1) is 23.3. The van der Waals surface area contributed by atoms with E-state index in [0.29, 0.717) is 23.0 Å². The van der Waals surface area contributed by atoms with Crippen molar-refractivity contribution < 1.29 is 22.8 Å². The molecule has 0 spiro atoms. The van der Waals surface area contributed by atoms with Crippen LogP contribution in [0.1, 0.15) is 16.7 Å². The lowest BCUT2D eigenvalue weighted by Crippen LogP contribution is -2.47. The van der Waals surface area contributed by atoms with E-state index >= 15 is 0 Å². The number of aliphatic imine (C=N–C) groups is 1. The summed E-state index contributed by atoms with van der Waals surface area (Å²) < 4.78 is 38.6. The van der Waals surface area contributed by atoms with E-state index in [1.165, 1.54) is 4.90 Å². The number of rotatable bonds is 3. The van der Waals surface area contributed by atoms with Crippen LogP contribution in [0.5, 0.6) is 0 Å². The lowest BCUT2D eigenvalue weighted by molar-refractivity contribution is -0.137. The van der Waals surface area contributed by atoms with E-state index in [2.05, 4.69) is 15.6 Å². The number of nitrogens with one attached hydrogen (secondary N) is 2. The summed E-state index contributed by atoms with van der Waals surface area (Å²) >= 11 is 5.92. The Morgan fingerprint density at radius 3 is 2.38 bits per heavy atom. The Morgan fingerprint density at radius 1 is 1.03 bits per heavy atom. The quantitative estimate of drug-likeness (QED) is 0.526. The largest absolute Gasteiger partial charge is 0.416 e. The van der Waals surface area contributed by atoms with Gasteiger partial charge >= 0.3 is 12.2 Å². The van der Waals surface area contributed by atoms with Crippen molar-refractivity contribution in [2.24, 2.45) is 4.99 Å². The predicted molar refractivity (Wildman–Crippen MR) is 124 cm³/mol. The second-order valence-corrected chi connectivity index (χ2v) is 7.86. The van der Waals surface area contributed by atoms with Crippen molar-refractivity contribution >= 4 is 40.6 Å². The zero-order valence-corrected chi connectivity index (χ0v) is 18.5. The summed E-state index contributed by atoms with van der Waals surface area (Å²) in [5.74, 6) is -0.493. The zero-order valence-electron chi connectivity index (χ0n) is 17.7. The first-order chi connectivity index (χ1) is 16.1. The molecule has 3 aromatic rings. The first-order valence-corrected chi connectivity index (χ1v) is 10.5. The molecule has 0 aliphatic carbocycles. The normalized spacial score (nSPS) is 15.8. The highest BCUT2D eigenvalue weighted by Gasteiger charge is 2.32. The molecular weight excluding hydrogens is 469 g/mol. The number of nitrogens with zero attached hydrogens (tertiary/aromatic N) is 2. The number of anilines is 2. The number of urea groups is 1. The van der Waals surface area contributed by atoms with Gasteiger partial charge in [-0.25, -0.2) is 9.79 Å². The number of carbonyl (C=O) groups is 2. The summed E-state index contributed by atoms with van der Waals surface area (Å²) in [5.41, 5.74) is 1.59. The van der Waals surface area contributed by atoms with E-state index < -0.39 is 29.8 Å². The minimum Gasteiger partial charge on any atom is -0.311 e. The molecule has 6 nitrogen and oxygen atoms in total. The van der Waals surface area contributed by atoms with Crippen molar-refractivity contribution in [2.45, 2.75) is 12.3 Å². The Bertz CT molecular complexity index is 1280. The molecule has 3 aromatic carbocycles. The van der Waals surface area contributed by atoms with Gasteiger partial charge in [0, 0.05) is 18.2 Å². The van der Waals surface area contributed by atoms with Gasteiger partial charge in [-0.05, 0) is 24.3 Å². The Hall–Kier alpha value is -3.85. The van der Waals surface area contributed by atoms with Crippen molar-refractivity contribution in [3.05, 3.63) is 94.5 Å². The second-order valence-electron chi connectivity index (χ2n) is 7.45. The SMILES string of the molecule is CN1C(=O)[C@@H](NC(=O)Nc2ccc(C(F)(F)F)cc2Cl)N=C(c2ccccc2)c2ccccc21. The lowest BCUT2D eigenvalue weighted by atomic mass is 10.0. The van der Waals surface area contributed by atoms with Gasteiger partial charge in [-0.3, -0.25) is 4.79 Å². The van der Waals surface area contributed by atoms with E-state index in [0.717, 1.165) is 17.7 Å². The molecule has 1 aliphatic heterocycles. The third-order valence-corrected chi connectivity index (χ3v) is 5.52. The molecule has 2 N–H and O–H groups in total. The van der Waals surface area contributed by atoms with E-state index in [-0.39, 0.29) is 10.7 Å². The summed E-state index contributed by atoms with van der Waals surface area (Å²) in [5, 5.41) is 4.57. The molecule has 174 valence electrons. The van der Waals surface area contributed by atoms with Gasteiger partial charge in [0.2, 0.25) is 6.17 Å². The maximum atomic E-state index is 13.1. The molecule has 0 bridgehead atoms. The van der Waals surface area contributed by atoms with Gasteiger partial charge in [-0.15, -0.1) is 0 Å². The van der Waals surface area contributed by atoms with Crippen LogP contribution in [-0.4, -0.2) is 30.9 Å². The molecule has 10 heteroatoms. The molecule has 1 aliphatic rings. The Morgan fingerprint density at radius 2 is 1.71 bits per heavy atom. The molecule has 1 heterocycles. The van der Waals surface area contributed by atoms with Gasteiger partial charge in [0.25, 0.3) is 5.91 Å². The second kappa shape index (κ2) is 9.18. The number of alkyl halides is 3. The highest BCUT2D eigenvalue weighted by Crippen LogP contribution is 2.34. The van der Waals surface area contributed by atoms with Crippen LogP contribution in [0.3, 0.4) is 0 Å². The minimum atomic E-state index is -4.57. The number of hydrogen-bond donors (Lipinski definition) is 2. The van der Waals surface area contributed by atoms with E-state index in [4.69, 9.17) is 11.6 Å². The molecule has 0 unspecified atom stereocenters. The van der Waals surface area contributed by atoms with E-state index in [9.17, 15) is 22.8 Å². The average Bonchev–Trinajstić information content (AvgIpc) is 2.91. The highest BCUT2D eigenvalue weighted by atomic mass is 35.5. The van der Waals surface area contributed by atoms with Crippen molar-refractivity contribution in [1.82, 2.24) is 5.32 Å². The van der Waals surface area contributed by atoms with Gasteiger partial charge < -0.3 is 15.5 Å². The molecule has 0 saturated heterocycles. The van der Waals surface area contributed by atoms with E-state index in [1.807, 2.05) is 42.5 Å². The third kappa shape index (κ3) is 4.74. The van der Waals surface area contributed by atoms with Crippen LogP contribution in [0.4, 0.5) is 29.3 Å². The van der Waals surface area contributed by atoms with Crippen molar-refractivity contribution in [2.75, 3.05) is 17.3 Å². The standard InChI is InChI=1S/C24H18ClF3N4O2/c1-32-19-10-6-5-9-16(19)20(14-7-3-2-4-8-14)30-21(22(32)33)31-23(34)29-18-12-11-15(13-17(18)25)24(26,27)28/h2-13,21H,1H3,(H2,29,31,34)/t21-/m1/s1. The molecule has 3 amide bonds. The summed E-state index contributed by atoms with van der Waals surface area (Å²) in [7, 11) is 1.57. The number of fused-ring (bicyclic) bond motifs is 1. The van der Waals surface area contributed by atoms with Crippen LogP contribution in [0.25, 0.3) is 0 Å². The third-order valence-electron chi connectivity index (χ3n) is 5.20. The lowest BCUT2D eigenvalue weighted by Gasteiger charge is -2.21. The minimum absolute atomic E-state index is 0.0443. The fourth-order valence-electron chi connectivity index (χ4n) is 3.52. The molecular formula is C24H18ClF3N4O2. The van der Waals surface area contributed by atoms with Crippen LogP contribution in [0.2, 0.25) is 5.02 Å². The highest BCUT2D eigenvalue weighted by molar-refractivity contribution is 6.33. The number of amides is 3. The molecule has 0 radical (unpaired) electrons. The van der Waals surface area contributed by atoms with Crippen molar-refractivity contribution in [3.8, 4) is 0 Å². The van der Waals surface area contributed by atoms with E-state index in [1.54, 1.807) is 19.2 Å². The molecule has 1 atom stereocenters. The van der Waals surface area contributed by atoms with Crippen LogP contribution < -0.4 is 15.5 Å². The average molecular weight is 487 g/mol. The molecule has 34 heavy (non-hydrogen) atoms. The summed E-state index contributed by atoms with van der Waals surface area (Å²) in [4.78, 5) is 31.7. The summed E-state index contributed by atoms with van der Waals surface area (Å²) in [6.07, 6.45) is -5.86. The monoisotopic (exact) mass is 486 g/mol. The Labute approximate surface area is 198 Å². The van der Waals surface area contributed by atoms with Crippen LogP contribution in [0, 0.1) is 0 Å². The number of benzodiazepines with no additional fused rings is 1. The predicted octanol–water partition coefficient (Wildman–Crippen LogP) is 5.32. The van der Waals surface area contributed by atoms with Crippen molar-refractivity contribution in [1.29, 1.82) is 0 Å². The van der Waals surface area contributed by atoms with Gasteiger partial charge in [0.1, 0.15) is 0 Å². The number of benzene rings is 3. The van der Waals surface area contributed by atoms with Gasteiger partial charge in [0.05, 0.1) is 27.7 Å². The smallest absolute Gasteiger partial charge is 0.311 e. The topological polar surface area (TPSA) is 73.8 Å². The Balaban J connectivity index is 1.64. The fraction of sp³-hybridized carbons (Fsp3) is 0.125. The molecule has 0 fully saturated rings. The van der Waals surface area contributed by atoms with Crippen LogP contribution in [-0.2, 0) is 11.0 Å². The first-order valence-electron chi connectivity index (χ1n) is 10.1. The van der Waals surface area contributed by atoms with Gasteiger partial charge in [0.15, 0.2) is 0 Å². The number of para-hydroxylation sites is 1.